The highest BCUT2D eigenvalue weighted by atomic mass is 16.6. The first-order chi connectivity index (χ1) is 9.89. The van der Waals surface area contributed by atoms with Crippen LogP contribution in [0.2, 0.25) is 0 Å². The summed E-state index contributed by atoms with van der Waals surface area (Å²) >= 11 is 0. The van der Waals surface area contributed by atoms with Gasteiger partial charge in [-0.1, -0.05) is 0 Å². The number of methoxy groups -OCH3 is 1. The zero-order valence-corrected chi connectivity index (χ0v) is 12.8. The number of carbonyl (C=O) groups excluding carboxylic acids is 1. The fourth-order valence-corrected chi connectivity index (χ4v) is 1.94. The lowest BCUT2D eigenvalue weighted by atomic mass is 10.2. The molecule has 6 heteroatoms. The molecule has 1 amide bonds. The summed E-state index contributed by atoms with van der Waals surface area (Å²) in [5.74, 6) is 0.729. The van der Waals surface area contributed by atoms with Gasteiger partial charge in [0.1, 0.15) is 17.0 Å². The average Bonchev–Trinajstić information content (AvgIpc) is 2.79. The summed E-state index contributed by atoms with van der Waals surface area (Å²) in [6.07, 6.45) is 3.21. The van der Waals surface area contributed by atoms with Crippen LogP contribution in [0.1, 0.15) is 20.8 Å². The van der Waals surface area contributed by atoms with Gasteiger partial charge >= 0.3 is 6.09 Å². The first kappa shape index (κ1) is 15.2. The summed E-state index contributed by atoms with van der Waals surface area (Å²) in [5.41, 5.74) is 0.379. The maximum atomic E-state index is 11.6. The molecule has 0 aliphatic carbocycles. The van der Waals surface area contributed by atoms with Crippen molar-refractivity contribution in [3.8, 4) is 5.75 Å². The van der Waals surface area contributed by atoms with E-state index in [9.17, 15) is 4.79 Å². The van der Waals surface area contributed by atoms with Gasteiger partial charge in [-0.05, 0) is 32.9 Å². The van der Waals surface area contributed by atoms with Crippen LogP contribution < -0.4 is 10.1 Å². The van der Waals surface area contributed by atoms with Crippen LogP contribution >= 0.6 is 0 Å². The number of pyridine rings is 1. The number of fused-ring (bicyclic) bond motifs is 1. The third kappa shape index (κ3) is 4.11. The second-order valence-corrected chi connectivity index (χ2v) is 5.73. The van der Waals surface area contributed by atoms with Crippen LogP contribution in [-0.4, -0.2) is 34.9 Å². The molecule has 0 aliphatic heterocycles. The third-order valence-electron chi connectivity index (χ3n) is 2.83. The van der Waals surface area contributed by atoms with Gasteiger partial charge in [0.2, 0.25) is 0 Å². The van der Waals surface area contributed by atoms with E-state index in [2.05, 4.69) is 10.3 Å². The van der Waals surface area contributed by atoms with E-state index in [1.54, 1.807) is 13.3 Å². The second-order valence-electron chi connectivity index (χ2n) is 5.73. The molecule has 0 aliphatic rings. The highest BCUT2D eigenvalue weighted by molar-refractivity contribution is 5.77. The van der Waals surface area contributed by atoms with E-state index in [1.807, 2.05) is 43.7 Å². The molecular weight excluding hydrogens is 270 g/mol. The molecule has 2 heterocycles. The first-order valence-corrected chi connectivity index (χ1v) is 6.85. The minimum atomic E-state index is -0.484. The Hall–Kier alpha value is -2.24. The van der Waals surface area contributed by atoms with Crippen molar-refractivity contribution in [2.75, 3.05) is 13.7 Å². The summed E-state index contributed by atoms with van der Waals surface area (Å²) in [7, 11) is 1.62. The normalized spacial score (nSPS) is 11.4. The highest BCUT2D eigenvalue weighted by Crippen LogP contribution is 2.18. The Morgan fingerprint density at radius 3 is 2.86 bits per heavy atom. The molecule has 0 bridgehead atoms. The largest absolute Gasteiger partial charge is 0.495 e. The molecule has 0 aromatic carbocycles. The van der Waals surface area contributed by atoms with Crippen molar-refractivity contribution in [1.82, 2.24) is 14.9 Å². The maximum Gasteiger partial charge on any atom is 0.407 e. The van der Waals surface area contributed by atoms with Gasteiger partial charge in [-0.25, -0.2) is 9.78 Å². The molecule has 0 saturated carbocycles. The van der Waals surface area contributed by atoms with E-state index in [-0.39, 0.29) is 0 Å². The predicted octanol–water partition coefficient (Wildman–Crippen LogP) is 2.57. The molecule has 21 heavy (non-hydrogen) atoms. The standard InChI is InChI=1S/C15H21N3O3/c1-15(2,3)21-14(19)16-6-8-18-7-5-11-9-12(20-4)10-17-13(11)18/h5,7,9-10H,6,8H2,1-4H3,(H,16,19). The van der Waals surface area contributed by atoms with Crippen molar-refractivity contribution in [2.45, 2.75) is 32.9 Å². The molecule has 1 N–H and O–H groups in total. The van der Waals surface area contributed by atoms with Gasteiger partial charge < -0.3 is 19.4 Å². The molecule has 0 radical (unpaired) electrons. The molecule has 0 spiro atoms. The summed E-state index contributed by atoms with van der Waals surface area (Å²) in [4.78, 5) is 15.9. The topological polar surface area (TPSA) is 65.4 Å². The molecule has 0 saturated heterocycles. The van der Waals surface area contributed by atoms with Crippen LogP contribution in [0.4, 0.5) is 4.79 Å². The Kier molecular flexibility index (Phi) is 4.35. The molecular formula is C15H21N3O3. The number of alkyl carbamates (subject to hydrolysis) is 1. The Bertz CT molecular complexity index is 629. The van der Waals surface area contributed by atoms with Gasteiger partial charge in [0.05, 0.1) is 13.3 Å². The number of nitrogens with zero attached hydrogens (tertiary/aromatic N) is 2. The minimum absolute atomic E-state index is 0.409. The number of hydrogen-bond donors (Lipinski definition) is 1. The van der Waals surface area contributed by atoms with Crippen LogP contribution in [0.3, 0.4) is 0 Å². The fourth-order valence-electron chi connectivity index (χ4n) is 1.94. The Morgan fingerprint density at radius 1 is 1.43 bits per heavy atom. The van der Waals surface area contributed by atoms with E-state index in [0.717, 1.165) is 16.8 Å². The molecule has 6 nitrogen and oxygen atoms in total. The average molecular weight is 291 g/mol. The molecule has 114 valence electrons. The Morgan fingerprint density at radius 2 is 2.19 bits per heavy atom. The Balaban J connectivity index is 1.93. The monoisotopic (exact) mass is 291 g/mol. The lowest BCUT2D eigenvalue weighted by Crippen LogP contribution is -2.34. The second kappa shape index (κ2) is 6.03. The highest BCUT2D eigenvalue weighted by Gasteiger charge is 2.15. The fraction of sp³-hybridized carbons (Fsp3) is 0.467. The molecule has 0 fully saturated rings. The summed E-state index contributed by atoms with van der Waals surface area (Å²) in [6.45, 7) is 6.62. The van der Waals surface area contributed by atoms with E-state index >= 15 is 0 Å². The minimum Gasteiger partial charge on any atom is -0.495 e. The quantitative estimate of drug-likeness (QED) is 0.940. The number of ether oxygens (including phenoxy) is 2. The predicted molar refractivity (Wildman–Crippen MR) is 80.5 cm³/mol. The number of nitrogens with one attached hydrogen (secondary N) is 1. The van der Waals surface area contributed by atoms with Gasteiger partial charge in [0.25, 0.3) is 0 Å². The number of hydrogen-bond acceptors (Lipinski definition) is 4. The van der Waals surface area contributed by atoms with E-state index in [1.165, 1.54) is 0 Å². The van der Waals surface area contributed by atoms with E-state index in [4.69, 9.17) is 9.47 Å². The van der Waals surface area contributed by atoms with Crippen LogP contribution in [0.5, 0.6) is 5.75 Å². The van der Waals surface area contributed by atoms with Crippen LogP contribution in [0, 0.1) is 0 Å². The zero-order valence-electron chi connectivity index (χ0n) is 12.8. The third-order valence-corrected chi connectivity index (χ3v) is 2.83. The molecule has 2 rings (SSSR count). The van der Waals surface area contributed by atoms with Crippen molar-refractivity contribution in [2.24, 2.45) is 0 Å². The van der Waals surface area contributed by atoms with Crippen molar-refractivity contribution in [1.29, 1.82) is 0 Å². The van der Waals surface area contributed by atoms with Gasteiger partial charge in [-0.3, -0.25) is 0 Å². The first-order valence-electron chi connectivity index (χ1n) is 6.85. The number of rotatable bonds is 4. The molecule has 0 unspecified atom stereocenters. The van der Waals surface area contributed by atoms with E-state index in [0.29, 0.717) is 13.1 Å². The summed E-state index contributed by atoms with van der Waals surface area (Å²) < 4.78 is 12.3. The number of carbonyl (C=O) groups is 1. The summed E-state index contributed by atoms with van der Waals surface area (Å²) in [6, 6.07) is 3.90. The van der Waals surface area contributed by atoms with Gasteiger partial charge in [0, 0.05) is 24.7 Å². The molecule has 2 aromatic rings. The van der Waals surface area contributed by atoms with Gasteiger partial charge in [0.15, 0.2) is 0 Å². The van der Waals surface area contributed by atoms with E-state index < -0.39 is 11.7 Å². The molecule has 0 atom stereocenters. The number of amides is 1. The molecule has 2 aromatic heterocycles. The maximum absolute atomic E-state index is 11.6. The van der Waals surface area contributed by atoms with Crippen LogP contribution in [0.25, 0.3) is 11.0 Å². The summed E-state index contributed by atoms with van der Waals surface area (Å²) in [5, 5.41) is 3.74. The van der Waals surface area contributed by atoms with Gasteiger partial charge in [-0.2, -0.15) is 0 Å². The number of aromatic nitrogens is 2. The lowest BCUT2D eigenvalue weighted by Gasteiger charge is -2.19. The van der Waals surface area contributed by atoms with Crippen LogP contribution in [-0.2, 0) is 11.3 Å². The van der Waals surface area contributed by atoms with Crippen molar-refractivity contribution in [3.63, 3.8) is 0 Å². The van der Waals surface area contributed by atoms with Crippen LogP contribution in [0.15, 0.2) is 24.5 Å². The van der Waals surface area contributed by atoms with Crippen molar-refractivity contribution < 1.29 is 14.3 Å². The van der Waals surface area contributed by atoms with Crippen molar-refractivity contribution >= 4 is 17.1 Å². The van der Waals surface area contributed by atoms with Crippen molar-refractivity contribution in [3.05, 3.63) is 24.5 Å². The smallest absolute Gasteiger partial charge is 0.407 e. The SMILES string of the molecule is COc1cnc2c(ccn2CCNC(=O)OC(C)(C)C)c1. The van der Waals surface area contributed by atoms with Gasteiger partial charge in [-0.15, -0.1) is 0 Å². The lowest BCUT2D eigenvalue weighted by molar-refractivity contribution is 0.0526. The zero-order chi connectivity index (χ0) is 15.5. The Labute approximate surface area is 124 Å².